The van der Waals surface area contributed by atoms with Gasteiger partial charge in [-0.3, -0.25) is 9.78 Å². The highest BCUT2D eigenvalue weighted by Crippen LogP contribution is 2.48. The molecule has 3 aromatic carbocycles. The number of rotatable bonds is 7. The molecule has 1 aliphatic rings. The quantitative estimate of drug-likeness (QED) is 0.266. The van der Waals surface area contributed by atoms with Crippen LogP contribution in [0.2, 0.25) is 0 Å². The Balaban J connectivity index is 1.24. The van der Waals surface area contributed by atoms with Gasteiger partial charge in [-0.2, -0.15) is 0 Å². The number of carboxylic acid groups (broad SMARTS) is 1. The summed E-state index contributed by atoms with van der Waals surface area (Å²) in [6.07, 6.45) is 2.04. The zero-order chi connectivity index (χ0) is 25.4. The van der Waals surface area contributed by atoms with Crippen molar-refractivity contribution in [2.24, 2.45) is 0 Å². The molecule has 5 nitrogen and oxygen atoms in total. The lowest BCUT2D eigenvalue weighted by Gasteiger charge is -2.11. The summed E-state index contributed by atoms with van der Waals surface area (Å²) in [7, 11) is 0. The predicted octanol–water partition coefficient (Wildman–Crippen LogP) is 7.09. The molecule has 0 saturated heterocycles. The normalized spacial score (nSPS) is 13.9. The number of carbonyl (C=O) groups is 1. The van der Waals surface area contributed by atoms with Crippen LogP contribution in [0, 0.1) is 6.92 Å². The van der Waals surface area contributed by atoms with Crippen molar-refractivity contribution in [3.63, 3.8) is 0 Å². The Morgan fingerprint density at radius 3 is 2.11 bits per heavy atom. The van der Waals surface area contributed by atoms with Gasteiger partial charge >= 0.3 is 5.97 Å². The van der Waals surface area contributed by atoms with Gasteiger partial charge in [-0.15, -0.1) is 0 Å². The molecule has 1 saturated carbocycles. The molecule has 1 fully saturated rings. The van der Waals surface area contributed by atoms with Crippen molar-refractivity contribution in [3.05, 3.63) is 120 Å². The van der Waals surface area contributed by atoms with Gasteiger partial charge in [0.25, 0.3) is 0 Å². The third kappa shape index (κ3) is 4.33. The fourth-order valence-electron chi connectivity index (χ4n) is 4.90. The number of nitrogens with zero attached hydrogens (tertiary/aromatic N) is 2. The van der Waals surface area contributed by atoms with E-state index >= 15 is 0 Å². The SMILES string of the molecule is Cc1noc(-c2ccc(-c3ccc(C4(C(=O)O)CC4)cc3)cc2)c1Cc1cccc(-c2ccccc2)n1. The van der Waals surface area contributed by atoms with Crippen molar-refractivity contribution in [1.29, 1.82) is 0 Å². The van der Waals surface area contributed by atoms with Crippen LogP contribution in [-0.2, 0) is 16.6 Å². The first kappa shape index (κ1) is 22.9. The molecule has 37 heavy (non-hydrogen) atoms. The molecule has 0 amide bonds. The van der Waals surface area contributed by atoms with Crippen LogP contribution >= 0.6 is 0 Å². The lowest BCUT2D eigenvalue weighted by Crippen LogP contribution is -2.19. The summed E-state index contributed by atoms with van der Waals surface area (Å²) >= 11 is 0. The molecule has 0 radical (unpaired) electrons. The van der Waals surface area contributed by atoms with Gasteiger partial charge in [0, 0.05) is 28.8 Å². The van der Waals surface area contributed by atoms with Gasteiger partial charge in [0.1, 0.15) is 0 Å². The molecular weight excluding hydrogens is 460 g/mol. The summed E-state index contributed by atoms with van der Waals surface area (Å²) in [5.74, 6) is 0.0215. The standard InChI is InChI=1S/C32H26N2O3/c1-21-28(20-27-8-5-9-29(33-27)24-6-3-2-4-7-24)30(37-34-21)25-12-10-22(11-13-25)23-14-16-26(17-15-23)32(18-19-32)31(35)36/h2-17H,18-20H2,1H3,(H,35,36). The van der Waals surface area contributed by atoms with Crippen LogP contribution in [-0.4, -0.2) is 21.2 Å². The molecular formula is C32H26N2O3. The lowest BCUT2D eigenvalue weighted by molar-refractivity contribution is -0.140. The zero-order valence-corrected chi connectivity index (χ0v) is 20.5. The van der Waals surface area contributed by atoms with Crippen LogP contribution in [0.3, 0.4) is 0 Å². The molecule has 0 aliphatic heterocycles. The Labute approximate surface area is 215 Å². The number of aliphatic carboxylic acids is 1. The second kappa shape index (κ2) is 9.17. The number of aromatic nitrogens is 2. The van der Waals surface area contributed by atoms with Crippen molar-refractivity contribution < 1.29 is 14.4 Å². The van der Waals surface area contributed by atoms with Crippen molar-refractivity contribution in [2.45, 2.75) is 31.6 Å². The van der Waals surface area contributed by atoms with Crippen molar-refractivity contribution in [3.8, 4) is 33.7 Å². The minimum atomic E-state index is -0.732. The third-order valence-electron chi connectivity index (χ3n) is 7.30. The topological polar surface area (TPSA) is 76.2 Å². The maximum atomic E-state index is 11.6. The van der Waals surface area contributed by atoms with E-state index in [0.29, 0.717) is 19.3 Å². The van der Waals surface area contributed by atoms with E-state index in [2.05, 4.69) is 29.4 Å². The zero-order valence-electron chi connectivity index (χ0n) is 20.5. The maximum Gasteiger partial charge on any atom is 0.314 e. The minimum absolute atomic E-state index is 0.625. The van der Waals surface area contributed by atoms with Crippen LogP contribution in [0.15, 0.2) is 102 Å². The van der Waals surface area contributed by atoms with Crippen molar-refractivity contribution in [2.75, 3.05) is 0 Å². The Kier molecular flexibility index (Phi) is 5.68. The van der Waals surface area contributed by atoms with Gasteiger partial charge in [0.15, 0.2) is 5.76 Å². The first-order chi connectivity index (χ1) is 18.0. The second-order valence-corrected chi connectivity index (χ2v) is 9.67. The summed E-state index contributed by atoms with van der Waals surface area (Å²) in [4.78, 5) is 16.5. The predicted molar refractivity (Wildman–Crippen MR) is 143 cm³/mol. The maximum absolute atomic E-state index is 11.6. The summed E-state index contributed by atoms with van der Waals surface area (Å²) in [6.45, 7) is 1.96. The molecule has 0 unspecified atom stereocenters. The molecule has 2 aromatic heterocycles. The summed E-state index contributed by atoms with van der Waals surface area (Å²) in [5.41, 5.74) is 8.14. The van der Waals surface area contributed by atoms with Gasteiger partial charge < -0.3 is 9.63 Å². The number of aryl methyl sites for hydroxylation is 1. The number of carboxylic acids is 1. The van der Waals surface area contributed by atoms with E-state index < -0.39 is 11.4 Å². The van der Waals surface area contributed by atoms with Crippen LogP contribution in [0.1, 0.15) is 35.4 Å². The molecule has 1 N–H and O–H groups in total. The average molecular weight is 487 g/mol. The highest BCUT2D eigenvalue weighted by Gasteiger charge is 2.51. The van der Waals surface area contributed by atoms with Gasteiger partial charge in [0.05, 0.1) is 16.8 Å². The number of pyridine rings is 1. The molecule has 1 aliphatic carbocycles. The summed E-state index contributed by atoms with van der Waals surface area (Å²) < 4.78 is 5.76. The summed E-state index contributed by atoms with van der Waals surface area (Å²) in [6, 6.07) is 32.4. The Bertz CT molecular complexity index is 1570. The van der Waals surface area contributed by atoms with Crippen molar-refractivity contribution >= 4 is 5.97 Å². The van der Waals surface area contributed by atoms with E-state index in [4.69, 9.17) is 9.51 Å². The average Bonchev–Trinajstić information content (AvgIpc) is 3.69. The van der Waals surface area contributed by atoms with Crippen LogP contribution in [0.5, 0.6) is 0 Å². The van der Waals surface area contributed by atoms with E-state index in [1.54, 1.807) is 0 Å². The highest BCUT2D eigenvalue weighted by atomic mass is 16.5. The van der Waals surface area contributed by atoms with Gasteiger partial charge in [-0.05, 0) is 48.6 Å². The molecule has 0 atom stereocenters. The molecule has 5 heteroatoms. The number of hydrogen-bond donors (Lipinski definition) is 1. The Morgan fingerprint density at radius 2 is 1.46 bits per heavy atom. The molecule has 6 rings (SSSR count). The fourth-order valence-corrected chi connectivity index (χ4v) is 4.90. The monoisotopic (exact) mass is 486 g/mol. The molecule has 0 bridgehead atoms. The van der Waals surface area contributed by atoms with Crippen LogP contribution < -0.4 is 0 Å². The summed E-state index contributed by atoms with van der Waals surface area (Å²) in [5, 5.41) is 13.8. The second-order valence-electron chi connectivity index (χ2n) is 9.67. The van der Waals surface area contributed by atoms with E-state index in [0.717, 1.165) is 56.2 Å². The highest BCUT2D eigenvalue weighted by molar-refractivity contribution is 5.85. The van der Waals surface area contributed by atoms with Crippen LogP contribution in [0.25, 0.3) is 33.7 Å². The first-order valence-electron chi connectivity index (χ1n) is 12.4. The third-order valence-corrected chi connectivity index (χ3v) is 7.30. The smallest absolute Gasteiger partial charge is 0.314 e. The molecule has 0 spiro atoms. The largest absolute Gasteiger partial charge is 0.481 e. The molecule has 2 heterocycles. The number of hydrogen-bond acceptors (Lipinski definition) is 4. The number of benzene rings is 3. The van der Waals surface area contributed by atoms with Gasteiger partial charge in [0.2, 0.25) is 0 Å². The molecule has 182 valence electrons. The van der Waals surface area contributed by atoms with E-state index in [1.807, 2.05) is 79.7 Å². The molecule has 5 aromatic rings. The van der Waals surface area contributed by atoms with Gasteiger partial charge in [-0.25, -0.2) is 0 Å². The lowest BCUT2D eigenvalue weighted by atomic mass is 9.93. The van der Waals surface area contributed by atoms with E-state index in [9.17, 15) is 9.90 Å². The van der Waals surface area contributed by atoms with Crippen molar-refractivity contribution in [1.82, 2.24) is 10.1 Å². The fraction of sp³-hybridized carbons (Fsp3) is 0.156. The van der Waals surface area contributed by atoms with Gasteiger partial charge in [-0.1, -0.05) is 90.1 Å². The Morgan fingerprint density at radius 1 is 0.811 bits per heavy atom. The first-order valence-corrected chi connectivity index (χ1v) is 12.4. The van der Waals surface area contributed by atoms with E-state index in [-0.39, 0.29) is 0 Å². The Hall–Kier alpha value is -4.51. The van der Waals surface area contributed by atoms with Crippen LogP contribution in [0.4, 0.5) is 0 Å². The van der Waals surface area contributed by atoms with E-state index in [1.165, 1.54) is 0 Å². The minimum Gasteiger partial charge on any atom is -0.481 e.